The molecule has 0 N–H and O–H groups in total. The molecule has 1 aromatic carbocycles. The number of aryl methyl sites for hydroxylation is 2. The zero-order chi connectivity index (χ0) is 14.8. The molecule has 0 saturated carbocycles. The van der Waals surface area contributed by atoms with E-state index in [2.05, 4.69) is 41.0 Å². The summed E-state index contributed by atoms with van der Waals surface area (Å²) in [5.74, 6) is 0.952. The van der Waals surface area contributed by atoms with Gasteiger partial charge in [0.15, 0.2) is 0 Å². The van der Waals surface area contributed by atoms with Crippen LogP contribution in [0.2, 0.25) is 0 Å². The van der Waals surface area contributed by atoms with Crippen LogP contribution in [0.5, 0.6) is 5.75 Å². The molecule has 0 fully saturated rings. The average molecular weight is 283 g/mol. The van der Waals surface area contributed by atoms with Gasteiger partial charge in [-0.05, 0) is 37.6 Å². The highest BCUT2D eigenvalue weighted by atomic mass is 16.5. The lowest BCUT2D eigenvalue weighted by atomic mass is 10.2. The van der Waals surface area contributed by atoms with Crippen LogP contribution in [0.25, 0.3) is 10.9 Å². The fraction of sp³-hybridized carbons (Fsp3) is 0.353. The van der Waals surface area contributed by atoms with Gasteiger partial charge in [0.1, 0.15) is 5.75 Å². The Morgan fingerprint density at radius 3 is 2.76 bits per heavy atom. The number of rotatable bonds is 5. The minimum absolute atomic E-state index is 0.686. The molecule has 110 valence electrons. The first kappa shape index (κ1) is 13.7. The molecule has 0 bridgehead atoms. The standard InChI is InChI=1S/C17H21N3O/c1-4-13-11-14(19(3)18-13)12-20-10-9-15-16(20)7-6-8-17(15)21-5-2/h6-11H,4-5,12H2,1-3H3. The van der Waals surface area contributed by atoms with Crippen molar-refractivity contribution in [3.63, 3.8) is 0 Å². The summed E-state index contributed by atoms with van der Waals surface area (Å²) in [6.07, 6.45) is 3.08. The molecule has 3 rings (SSSR count). The van der Waals surface area contributed by atoms with Crippen LogP contribution in [0.15, 0.2) is 36.5 Å². The fourth-order valence-electron chi connectivity index (χ4n) is 2.68. The average Bonchev–Trinajstić information content (AvgIpc) is 3.05. The summed E-state index contributed by atoms with van der Waals surface area (Å²) >= 11 is 0. The lowest BCUT2D eigenvalue weighted by Crippen LogP contribution is -2.04. The molecule has 21 heavy (non-hydrogen) atoms. The summed E-state index contributed by atoms with van der Waals surface area (Å²) in [4.78, 5) is 0. The predicted molar refractivity (Wildman–Crippen MR) is 84.8 cm³/mol. The van der Waals surface area contributed by atoms with Gasteiger partial charge in [0, 0.05) is 18.6 Å². The molecule has 0 spiro atoms. The van der Waals surface area contributed by atoms with Crippen LogP contribution in [0.4, 0.5) is 0 Å². The largest absolute Gasteiger partial charge is 0.493 e. The quantitative estimate of drug-likeness (QED) is 0.719. The van der Waals surface area contributed by atoms with Crippen LogP contribution in [0.1, 0.15) is 25.2 Å². The van der Waals surface area contributed by atoms with Crippen molar-refractivity contribution in [3.05, 3.63) is 47.9 Å². The van der Waals surface area contributed by atoms with Gasteiger partial charge in [-0.2, -0.15) is 5.10 Å². The molecule has 2 heterocycles. The van der Waals surface area contributed by atoms with Gasteiger partial charge >= 0.3 is 0 Å². The highest BCUT2D eigenvalue weighted by molar-refractivity contribution is 5.86. The maximum Gasteiger partial charge on any atom is 0.128 e. The maximum atomic E-state index is 5.70. The minimum Gasteiger partial charge on any atom is -0.493 e. The summed E-state index contributed by atoms with van der Waals surface area (Å²) in [5.41, 5.74) is 3.55. The molecule has 0 amide bonds. The first-order valence-corrected chi connectivity index (χ1v) is 7.45. The van der Waals surface area contributed by atoms with Crippen LogP contribution in [0.3, 0.4) is 0 Å². The van der Waals surface area contributed by atoms with Crippen molar-refractivity contribution in [2.24, 2.45) is 7.05 Å². The molecule has 0 aliphatic carbocycles. The van der Waals surface area contributed by atoms with Gasteiger partial charge in [-0.1, -0.05) is 13.0 Å². The van der Waals surface area contributed by atoms with Gasteiger partial charge in [-0.15, -0.1) is 0 Å². The molecule has 0 aliphatic rings. The van der Waals surface area contributed by atoms with Crippen LogP contribution >= 0.6 is 0 Å². The van der Waals surface area contributed by atoms with E-state index < -0.39 is 0 Å². The Bertz CT molecular complexity index is 755. The summed E-state index contributed by atoms with van der Waals surface area (Å²) in [6.45, 7) is 5.65. The number of ether oxygens (including phenoxy) is 1. The third-order valence-electron chi connectivity index (χ3n) is 3.80. The lowest BCUT2D eigenvalue weighted by molar-refractivity contribution is 0.344. The second-order valence-corrected chi connectivity index (χ2v) is 5.17. The van der Waals surface area contributed by atoms with Gasteiger partial charge in [-0.3, -0.25) is 4.68 Å². The van der Waals surface area contributed by atoms with Crippen LogP contribution in [-0.4, -0.2) is 21.0 Å². The van der Waals surface area contributed by atoms with E-state index >= 15 is 0 Å². The number of nitrogens with zero attached hydrogens (tertiary/aromatic N) is 3. The SMILES string of the molecule is CCOc1cccc2c1ccn2Cc1cc(CC)nn1C. The number of fused-ring (bicyclic) bond motifs is 1. The first-order valence-electron chi connectivity index (χ1n) is 7.45. The third kappa shape index (κ3) is 2.53. The van der Waals surface area contributed by atoms with E-state index in [-0.39, 0.29) is 0 Å². The smallest absolute Gasteiger partial charge is 0.128 e. The Hall–Kier alpha value is -2.23. The molecule has 3 aromatic rings. The van der Waals surface area contributed by atoms with E-state index in [1.165, 1.54) is 11.2 Å². The summed E-state index contributed by atoms with van der Waals surface area (Å²) in [6, 6.07) is 10.5. The number of hydrogen-bond donors (Lipinski definition) is 0. The molecule has 0 saturated heterocycles. The highest BCUT2D eigenvalue weighted by Crippen LogP contribution is 2.27. The zero-order valence-corrected chi connectivity index (χ0v) is 12.8. The molecule has 2 aromatic heterocycles. The monoisotopic (exact) mass is 283 g/mol. The molecular weight excluding hydrogens is 262 g/mol. The van der Waals surface area contributed by atoms with E-state index in [9.17, 15) is 0 Å². The van der Waals surface area contributed by atoms with Crippen LogP contribution < -0.4 is 4.74 Å². The Morgan fingerprint density at radius 1 is 1.19 bits per heavy atom. The van der Waals surface area contributed by atoms with Gasteiger partial charge in [0.05, 0.1) is 30.1 Å². The van der Waals surface area contributed by atoms with Crippen molar-refractivity contribution >= 4 is 10.9 Å². The Labute approximate surface area is 124 Å². The highest BCUT2D eigenvalue weighted by Gasteiger charge is 2.09. The lowest BCUT2D eigenvalue weighted by Gasteiger charge is -2.08. The van der Waals surface area contributed by atoms with Gasteiger partial charge < -0.3 is 9.30 Å². The molecule has 0 atom stereocenters. The van der Waals surface area contributed by atoms with Crippen molar-refractivity contribution in [1.82, 2.24) is 14.3 Å². The Balaban J connectivity index is 1.97. The van der Waals surface area contributed by atoms with Crippen LogP contribution in [0, 0.1) is 0 Å². The second-order valence-electron chi connectivity index (χ2n) is 5.17. The zero-order valence-electron chi connectivity index (χ0n) is 12.8. The topological polar surface area (TPSA) is 32.0 Å². The number of benzene rings is 1. The summed E-state index contributed by atoms with van der Waals surface area (Å²) in [7, 11) is 2.01. The Morgan fingerprint density at radius 2 is 2.05 bits per heavy atom. The van der Waals surface area contributed by atoms with Crippen molar-refractivity contribution < 1.29 is 4.74 Å². The summed E-state index contributed by atoms with van der Waals surface area (Å²) in [5, 5.41) is 5.68. The molecule has 0 radical (unpaired) electrons. The summed E-state index contributed by atoms with van der Waals surface area (Å²) < 4.78 is 9.91. The number of aromatic nitrogens is 3. The van der Waals surface area contributed by atoms with E-state index in [0.29, 0.717) is 6.61 Å². The second kappa shape index (κ2) is 5.64. The Kier molecular flexibility index (Phi) is 3.69. The molecule has 4 heteroatoms. The van der Waals surface area contributed by atoms with Crippen molar-refractivity contribution in [3.8, 4) is 5.75 Å². The van der Waals surface area contributed by atoms with Crippen molar-refractivity contribution in [1.29, 1.82) is 0 Å². The molecule has 0 unspecified atom stereocenters. The number of hydrogen-bond acceptors (Lipinski definition) is 2. The molecular formula is C17H21N3O. The van der Waals surface area contributed by atoms with Crippen molar-refractivity contribution in [2.75, 3.05) is 6.61 Å². The van der Waals surface area contributed by atoms with Gasteiger partial charge in [0.2, 0.25) is 0 Å². The van der Waals surface area contributed by atoms with Crippen LogP contribution in [-0.2, 0) is 20.0 Å². The van der Waals surface area contributed by atoms with Crippen molar-refractivity contribution in [2.45, 2.75) is 26.8 Å². The minimum atomic E-state index is 0.686. The first-order chi connectivity index (χ1) is 10.2. The third-order valence-corrected chi connectivity index (χ3v) is 3.80. The van der Waals surface area contributed by atoms with Gasteiger partial charge in [-0.25, -0.2) is 0 Å². The predicted octanol–water partition coefficient (Wildman–Crippen LogP) is 3.38. The maximum absolute atomic E-state index is 5.70. The van der Waals surface area contributed by atoms with E-state index in [4.69, 9.17) is 4.74 Å². The van der Waals surface area contributed by atoms with E-state index in [1.807, 2.05) is 30.8 Å². The molecule has 0 aliphatic heterocycles. The normalized spacial score (nSPS) is 11.2. The van der Waals surface area contributed by atoms with E-state index in [1.54, 1.807) is 0 Å². The van der Waals surface area contributed by atoms with E-state index in [0.717, 1.165) is 29.8 Å². The van der Waals surface area contributed by atoms with Gasteiger partial charge in [0.25, 0.3) is 0 Å². The fourth-order valence-corrected chi connectivity index (χ4v) is 2.68. The molecule has 4 nitrogen and oxygen atoms in total.